The van der Waals surface area contributed by atoms with Gasteiger partial charge in [-0.15, -0.1) is 0 Å². The molecule has 2 rings (SSSR count). The van der Waals surface area contributed by atoms with Gasteiger partial charge in [-0.05, 0) is 55.0 Å². The molecule has 20 heavy (non-hydrogen) atoms. The molecular weight excluding hydrogens is 250 g/mol. The van der Waals surface area contributed by atoms with Crippen LogP contribution < -0.4 is 4.74 Å². The maximum absolute atomic E-state index is 10.0. The summed E-state index contributed by atoms with van der Waals surface area (Å²) in [5, 5.41) is 10.0. The highest BCUT2D eigenvalue weighted by Gasteiger charge is 2.05. The van der Waals surface area contributed by atoms with Crippen LogP contribution in [0.25, 0.3) is 0 Å². The van der Waals surface area contributed by atoms with E-state index in [0.29, 0.717) is 0 Å². The average Bonchev–Trinajstić information content (AvgIpc) is 2.52. The van der Waals surface area contributed by atoms with Crippen LogP contribution in [0.15, 0.2) is 48.8 Å². The zero-order valence-electron chi connectivity index (χ0n) is 11.8. The van der Waals surface area contributed by atoms with Crippen LogP contribution in [0.3, 0.4) is 0 Å². The molecule has 106 valence electrons. The van der Waals surface area contributed by atoms with Crippen molar-refractivity contribution in [1.82, 2.24) is 4.98 Å². The molecule has 0 fully saturated rings. The van der Waals surface area contributed by atoms with Crippen LogP contribution in [-0.4, -0.2) is 23.3 Å². The van der Waals surface area contributed by atoms with E-state index in [1.54, 1.807) is 13.3 Å². The fourth-order valence-corrected chi connectivity index (χ4v) is 2.15. The molecule has 0 saturated heterocycles. The summed E-state index contributed by atoms with van der Waals surface area (Å²) in [6, 6.07) is 12.0. The topological polar surface area (TPSA) is 42.4 Å². The highest BCUT2D eigenvalue weighted by Crippen LogP contribution is 2.14. The van der Waals surface area contributed by atoms with E-state index in [1.807, 2.05) is 42.6 Å². The van der Waals surface area contributed by atoms with Crippen molar-refractivity contribution in [2.75, 3.05) is 7.11 Å². The molecule has 0 amide bonds. The molecule has 0 saturated carbocycles. The first-order valence-corrected chi connectivity index (χ1v) is 6.98. The molecule has 0 bridgehead atoms. The van der Waals surface area contributed by atoms with Crippen LogP contribution in [0.1, 0.15) is 24.0 Å². The second-order valence-electron chi connectivity index (χ2n) is 4.94. The fraction of sp³-hybridized carbons (Fsp3) is 0.353. The lowest BCUT2D eigenvalue weighted by Crippen LogP contribution is -2.09. The van der Waals surface area contributed by atoms with E-state index in [4.69, 9.17) is 4.74 Å². The molecular formula is C17H21NO2. The van der Waals surface area contributed by atoms with Gasteiger partial charge in [0, 0.05) is 12.4 Å². The third-order valence-electron chi connectivity index (χ3n) is 3.41. The van der Waals surface area contributed by atoms with Crippen molar-refractivity contribution in [2.45, 2.75) is 31.8 Å². The molecule has 1 atom stereocenters. The summed E-state index contributed by atoms with van der Waals surface area (Å²) < 4.78 is 5.13. The smallest absolute Gasteiger partial charge is 0.118 e. The van der Waals surface area contributed by atoms with Crippen molar-refractivity contribution in [3.63, 3.8) is 0 Å². The Labute approximate surface area is 120 Å². The number of aliphatic hydroxyl groups excluding tert-OH is 1. The van der Waals surface area contributed by atoms with Crippen LogP contribution in [0.4, 0.5) is 0 Å². The average molecular weight is 271 g/mol. The van der Waals surface area contributed by atoms with Crippen molar-refractivity contribution in [3.8, 4) is 5.75 Å². The lowest BCUT2D eigenvalue weighted by molar-refractivity contribution is 0.155. The number of hydrogen-bond donors (Lipinski definition) is 1. The van der Waals surface area contributed by atoms with Gasteiger partial charge in [0.05, 0.1) is 13.2 Å². The monoisotopic (exact) mass is 271 g/mol. The van der Waals surface area contributed by atoms with E-state index in [9.17, 15) is 5.11 Å². The molecule has 1 aromatic carbocycles. The van der Waals surface area contributed by atoms with Gasteiger partial charge in [-0.3, -0.25) is 4.98 Å². The number of methoxy groups -OCH3 is 1. The van der Waals surface area contributed by atoms with Crippen molar-refractivity contribution >= 4 is 0 Å². The van der Waals surface area contributed by atoms with Gasteiger partial charge in [-0.2, -0.15) is 0 Å². The van der Waals surface area contributed by atoms with Gasteiger partial charge in [0.2, 0.25) is 0 Å². The SMILES string of the molecule is COc1ccc(CCC(O)CCc2cccnc2)cc1. The van der Waals surface area contributed by atoms with Gasteiger partial charge < -0.3 is 9.84 Å². The molecule has 0 aliphatic rings. The van der Waals surface area contributed by atoms with E-state index in [1.165, 1.54) is 11.1 Å². The van der Waals surface area contributed by atoms with Gasteiger partial charge in [0.15, 0.2) is 0 Å². The Morgan fingerprint density at radius 2 is 1.75 bits per heavy atom. The van der Waals surface area contributed by atoms with Gasteiger partial charge in [0.1, 0.15) is 5.75 Å². The second-order valence-corrected chi connectivity index (χ2v) is 4.94. The van der Waals surface area contributed by atoms with Crippen molar-refractivity contribution in [2.24, 2.45) is 0 Å². The molecule has 1 aromatic heterocycles. The van der Waals surface area contributed by atoms with E-state index in [2.05, 4.69) is 4.98 Å². The van der Waals surface area contributed by atoms with E-state index in [0.717, 1.165) is 31.4 Å². The van der Waals surface area contributed by atoms with Crippen molar-refractivity contribution in [3.05, 3.63) is 59.9 Å². The number of nitrogens with zero attached hydrogens (tertiary/aromatic N) is 1. The number of hydrogen-bond acceptors (Lipinski definition) is 3. The largest absolute Gasteiger partial charge is 0.497 e. The zero-order valence-corrected chi connectivity index (χ0v) is 11.8. The first-order valence-electron chi connectivity index (χ1n) is 6.98. The number of aryl methyl sites for hydroxylation is 2. The Morgan fingerprint density at radius 1 is 1.05 bits per heavy atom. The minimum absolute atomic E-state index is 0.266. The fourth-order valence-electron chi connectivity index (χ4n) is 2.15. The predicted molar refractivity (Wildman–Crippen MR) is 79.9 cm³/mol. The van der Waals surface area contributed by atoms with E-state index in [-0.39, 0.29) is 6.10 Å². The maximum Gasteiger partial charge on any atom is 0.118 e. The number of benzene rings is 1. The third-order valence-corrected chi connectivity index (χ3v) is 3.41. The Hall–Kier alpha value is -1.87. The normalized spacial score (nSPS) is 12.1. The Kier molecular flexibility index (Phi) is 5.56. The number of pyridine rings is 1. The molecule has 1 N–H and O–H groups in total. The van der Waals surface area contributed by atoms with Crippen LogP contribution in [0.5, 0.6) is 5.75 Å². The van der Waals surface area contributed by atoms with Crippen LogP contribution >= 0.6 is 0 Å². The number of aromatic nitrogens is 1. The summed E-state index contributed by atoms with van der Waals surface area (Å²) in [5.41, 5.74) is 2.40. The maximum atomic E-state index is 10.0. The van der Waals surface area contributed by atoms with Crippen LogP contribution in [-0.2, 0) is 12.8 Å². The number of rotatable bonds is 7. The van der Waals surface area contributed by atoms with Gasteiger partial charge in [-0.1, -0.05) is 18.2 Å². The van der Waals surface area contributed by atoms with Crippen LogP contribution in [0, 0.1) is 0 Å². The zero-order chi connectivity index (χ0) is 14.2. The standard InChI is InChI=1S/C17H21NO2/c1-20-17-10-6-14(7-11-17)4-8-16(19)9-5-15-3-2-12-18-13-15/h2-3,6-7,10-13,16,19H,4-5,8-9H2,1H3. The first-order chi connectivity index (χ1) is 9.78. The Morgan fingerprint density at radius 3 is 2.35 bits per heavy atom. The molecule has 0 aliphatic heterocycles. The third kappa shape index (κ3) is 4.67. The van der Waals surface area contributed by atoms with Gasteiger partial charge in [0.25, 0.3) is 0 Å². The molecule has 3 heteroatoms. The number of ether oxygens (including phenoxy) is 1. The van der Waals surface area contributed by atoms with E-state index < -0.39 is 0 Å². The lowest BCUT2D eigenvalue weighted by atomic mass is 10.0. The van der Waals surface area contributed by atoms with Crippen molar-refractivity contribution < 1.29 is 9.84 Å². The second kappa shape index (κ2) is 7.65. The first kappa shape index (κ1) is 14.5. The molecule has 0 radical (unpaired) electrons. The molecule has 1 heterocycles. The predicted octanol–water partition coefficient (Wildman–Crippen LogP) is 3.02. The van der Waals surface area contributed by atoms with Gasteiger partial charge >= 0.3 is 0 Å². The van der Waals surface area contributed by atoms with E-state index >= 15 is 0 Å². The quantitative estimate of drug-likeness (QED) is 0.841. The molecule has 0 spiro atoms. The molecule has 3 nitrogen and oxygen atoms in total. The minimum atomic E-state index is -0.266. The summed E-state index contributed by atoms with van der Waals surface area (Å²) in [4.78, 5) is 4.08. The summed E-state index contributed by atoms with van der Waals surface area (Å²) in [6.07, 6.45) is 6.68. The molecule has 2 aromatic rings. The lowest BCUT2D eigenvalue weighted by Gasteiger charge is -2.10. The summed E-state index contributed by atoms with van der Waals surface area (Å²) in [6.45, 7) is 0. The highest BCUT2D eigenvalue weighted by atomic mass is 16.5. The molecule has 0 aliphatic carbocycles. The summed E-state index contributed by atoms with van der Waals surface area (Å²) in [5.74, 6) is 0.867. The highest BCUT2D eigenvalue weighted by molar-refractivity contribution is 5.27. The molecule has 1 unspecified atom stereocenters. The summed E-state index contributed by atoms with van der Waals surface area (Å²) >= 11 is 0. The van der Waals surface area contributed by atoms with Gasteiger partial charge in [-0.25, -0.2) is 0 Å². The Balaban J connectivity index is 1.73. The van der Waals surface area contributed by atoms with Crippen LogP contribution in [0.2, 0.25) is 0 Å². The Bertz CT molecular complexity index is 496. The summed E-state index contributed by atoms with van der Waals surface area (Å²) in [7, 11) is 1.66. The minimum Gasteiger partial charge on any atom is -0.497 e. The van der Waals surface area contributed by atoms with Crippen molar-refractivity contribution in [1.29, 1.82) is 0 Å². The number of aliphatic hydroxyl groups is 1.